The SMILES string of the molecule is Cc1ccc2c(=O)c(OC(=O)[C@H](C)N3C(=O)c4ccccc4C3=O)c(-c3ccco3)oc2c1. The predicted octanol–water partition coefficient (Wildman–Crippen LogP) is 3.95. The summed E-state index contributed by atoms with van der Waals surface area (Å²) in [5.41, 5.74) is 1.02. The number of aryl methyl sites for hydroxylation is 1. The maximum Gasteiger partial charge on any atom is 0.334 e. The van der Waals surface area contributed by atoms with Gasteiger partial charge in [0.15, 0.2) is 5.76 Å². The molecule has 33 heavy (non-hydrogen) atoms. The van der Waals surface area contributed by atoms with Crippen LogP contribution in [0.3, 0.4) is 0 Å². The second-order valence-electron chi connectivity index (χ2n) is 7.69. The summed E-state index contributed by atoms with van der Waals surface area (Å²) < 4.78 is 16.7. The number of esters is 1. The number of carbonyl (C=O) groups is 3. The Kier molecular flexibility index (Phi) is 4.70. The number of hydrogen-bond acceptors (Lipinski definition) is 7. The molecule has 8 nitrogen and oxygen atoms in total. The first-order valence-electron chi connectivity index (χ1n) is 10.2. The van der Waals surface area contributed by atoms with Crippen molar-refractivity contribution in [2.45, 2.75) is 19.9 Å². The predicted molar refractivity (Wildman–Crippen MR) is 117 cm³/mol. The summed E-state index contributed by atoms with van der Waals surface area (Å²) in [7, 11) is 0. The van der Waals surface area contributed by atoms with Crippen LogP contribution in [0.5, 0.6) is 5.75 Å². The van der Waals surface area contributed by atoms with Gasteiger partial charge in [-0.3, -0.25) is 19.3 Å². The van der Waals surface area contributed by atoms with Gasteiger partial charge in [0, 0.05) is 0 Å². The molecule has 164 valence electrons. The molecule has 0 saturated heterocycles. The molecule has 0 spiro atoms. The molecule has 8 heteroatoms. The number of ether oxygens (including phenoxy) is 1. The van der Waals surface area contributed by atoms with E-state index >= 15 is 0 Å². The molecule has 0 fully saturated rings. The van der Waals surface area contributed by atoms with Crippen molar-refractivity contribution < 1.29 is 28.0 Å². The lowest BCUT2D eigenvalue weighted by molar-refractivity contribution is -0.138. The normalized spacial score (nSPS) is 13.9. The van der Waals surface area contributed by atoms with E-state index < -0.39 is 29.3 Å². The van der Waals surface area contributed by atoms with Crippen LogP contribution in [0, 0.1) is 6.92 Å². The van der Waals surface area contributed by atoms with Crippen LogP contribution in [0.2, 0.25) is 0 Å². The molecule has 5 rings (SSSR count). The highest BCUT2D eigenvalue weighted by Gasteiger charge is 2.41. The molecule has 3 heterocycles. The summed E-state index contributed by atoms with van der Waals surface area (Å²) in [6.07, 6.45) is 1.39. The summed E-state index contributed by atoms with van der Waals surface area (Å²) in [6, 6.07) is 13.2. The highest BCUT2D eigenvalue weighted by atomic mass is 16.5. The second kappa shape index (κ2) is 7.59. The maximum atomic E-state index is 13.2. The Morgan fingerprint density at radius 1 is 0.970 bits per heavy atom. The van der Waals surface area contributed by atoms with E-state index in [4.69, 9.17) is 13.6 Å². The zero-order valence-corrected chi connectivity index (χ0v) is 17.7. The Balaban J connectivity index is 1.55. The third-order valence-corrected chi connectivity index (χ3v) is 5.51. The maximum absolute atomic E-state index is 13.2. The largest absolute Gasteiger partial charge is 0.461 e. The molecule has 4 aromatic rings. The molecule has 1 aliphatic rings. The van der Waals surface area contributed by atoms with E-state index in [0.717, 1.165) is 10.5 Å². The molecule has 1 atom stereocenters. The summed E-state index contributed by atoms with van der Waals surface area (Å²) in [5, 5.41) is 0.215. The zero-order valence-electron chi connectivity index (χ0n) is 17.7. The summed E-state index contributed by atoms with van der Waals surface area (Å²) in [4.78, 5) is 52.5. The minimum Gasteiger partial charge on any atom is -0.461 e. The third kappa shape index (κ3) is 3.23. The quantitative estimate of drug-likeness (QED) is 0.347. The number of nitrogens with zero attached hydrogens (tertiary/aromatic N) is 1. The number of carbonyl (C=O) groups excluding carboxylic acids is 3. The Bertz CT molecular complexity index is 1460. The van der Waals surface area contributed by atoms with Gasteiger partial charge in [-0.25, -0.2) is 4.79 Å². The van der Waals surface area contributed by atoms with E-state index in [-0.39, 0.29) is 33.8 Å². The van der Waals surface area contributed by atoms with Crippen molar-refractivity contribution in [3.8, 4) is 17.3 Å². The van der Waals surface area contributed by atoms with Crippen molar-refractivity contribution in [1.29, 1.82) is 0 Å². The van der Waals surface area contributed by atoms with E-state index in [2.05, 4.69) is 0 Å². The van der Waals surface area contributed by atoms with Gasteiger partial charge in [0.1, 0.15) is 11.6 Å². The van der Waals surface area contributed by atoms with Crippen molar-refractivity contribution in [3.05, 3.63) is 87.8 Å². The van der Waals surface area contributed by atoms with Crippen LogP contribution < -0.4 is 10.2 Å². The summed E-state index contributed by atoms with van der Waals surface area (Å²) in [5.74, 6) is -2.43. The lowest BCUT2D eigenvalue weighted by Gasteiger charge is -2.21. The van der Waals surface area contributed by atoms with Crippen LogP contribution in [-0.2, 0) is 4.79 Å². The van der Waals surface area contributed by atoms with E-state index in [1.165, 1.54) is 25.3 Å². The fourth-order valence-electron chi connectivity index (χ4n) is 3.80. The molecular formula is C25H17NO7. The number of amides is 2. The first-order valence-corrected chi connectivity index (χ1v) is 10.2. The lowest BCUT2D eigenvalue weighted by Crippen LogP contribution is -2.45. The first kappa shape index (κ1) is 20.4. The number of rotatable bonds is 4. The van der Waals surface area contributed by atoms with Gasteiger partial charge < -0.3 is 13.6 Å². The van der Waals surface area contributed by atoms with Crippen molar-refractivity contribution in [2.24, 2.45) is 0 Å². The number of benzene rings is 2. The highest BCUT2D eigenvalue weighted by Crippen LogP contribution is 2.32. The van der Waals surface area contributed by atoms with Gasteiger partial charge in [0.25, 0.3) is 11.8 Å². The van der Waals surface area contributed by atoms with E-state index in [1.807, 2.05) is 6.92 Å². The van der Waals surface area contributed by atoms with Crippen molar-refractivity contribution in [1.82, 2.24) is 4.90 Å². The van der Waals surface area contributed by atoms with Gasteiger partial charge in [-0.05, 0) is 55.8 Å². The first-order chi connectivity index (χ1) is 15.9. The van der Waals surface area contributed by atoms with Crippen molar-refractivity contribution >= 4 is 28.8 Å². The number of hydrogen-bond donors (Lipinski definition) is 0. The minimum absolute atomic E-state index is 0.0639. The third-order valence-electron chi connectivity index (χ3n) is 5.51. The molecule has 0 saturated carbocycles. The molecule has 0 aliphatic carbocycles. The monoisotopic (exact) mass is 443 g/mol. The second-order valence-corrected chi connectivity index (χ2v) is 7.69. The van der Waals surface area contributed by atoms with Gasteiger partial charge in [-0.1, -0.05) is 18.2 Å². The molecule has 2 amide bonds. The molecule has 0 N–H and O–H groups in total. The summed E-state index contributed by atoms with van der Waals surface area (Å²) >= 11 is 0. The number of furan rings is 1. The molecule has 2 aromatic carbocycles. The molecule has 0 unspecified atom stereocenters. The van der Waals surface area contributed by atoms with E-state index in [9.17, 15) is 19.2 Å². The molecule has 0 radical (unpaired) electrons. The van der Waals surface area contributed by atoms with Crippen LogP contribution in [0.25, 0.3) is 22.5 Å². The van der Waals surface area contributed by atoms with Gasteiger partial charge in [0.05, 0.1) is 22.8 Å². The van der Waals surface area contributed by atoms with Gasteiger partial charge in [-0.15, -0.1) is 0 Å². The van der Waals surface area contributed by atoms with Crippen LogP contribution in [0.1, 0.15) is 33.2 Å². The molecular weight excluding hydrogens is 426 g/mol. The smallest absolute Gasteiger partial charge is 0.334 e. The van der Waals surface area contributed by atoms with Crippen LogP contribution in [0.4, 0.5) is 0 Å². The Morgan fingerprint density at radius 3 is 2.30 bits per heavy atom. The fraction of sp³-hybridized carbons (Fsp3) is 0.120. The molecule has 0 bridgehead atoms. The highest BCUT2D eigenvalue weighted by molar-refractivity contribution is 6.22. The average Bonchev–Trinajstić information content (AvgIpc) is 3.42. The Hall–Kier alpha value is -4.46. The Morgan fingerprint density at radius 2 is 1.67 bits per heavy atom. The standard InChI is InChI=1S/C25H17NO7/c1-13-9-10-17-19(12-13)32-21(18-8-5-11-31-18)22(20(17)27)33-25(30)14(2)26-23(28)15-6-3-4-7-16(15)24(26)29/h3-12,14H,1-2H3/t14-/m0/s1. The van der Waals surface area contributed by atoms with Crippen molar-refractivity contribution in [3.63, 3.8) is 0 Å². The van der Waals surface area contributed by atoms with E-state index in [1.54, 1.807) is 42.5 Å². The van der Waals surface area contributed by atoms with Crippen LogP contribution in [-0.4, -0.2) is 28.7 Å². The lowest BCUT2D eigenvalue weighted by atomic mass is 10.1. The number of imide groups is 1. The minimum atomic E-state index is -1.28. The van der Waals surface area contributed by atoms with Crippen LogP contribution >= 0.6 is 0 Å². The van der Waals surface area contributed by atoms with Gasteiger partial charge in [-0.2, -0.15) is 0 Å². The van der Waals surface area contributed by atoms with Gasteiger partial charge >= 0.3 is 5.97 Å². The van der Waals surface area contributed by atoms with Gasteiger partial charge in [0.2, 0.25) is 16.9 Å². The summed E-state index contributed by atoms with van der Waals surface area (Å²) in [6.45, 7) is 3.21. The number of fused-ring (bicyclic) bond motifs is 2. The Labute approximate surface area is 187 Å². The van der Waals surface area contributed by atoms with Crippen LogP contribution in [0.15, 0.2) is 74.5 Å². The fourth-order valence-corrected chi connectivity index (χ4v) is 3.80. The average molecular weight is 443 g/mol. The van der Waals surface area contributed by atoms with E-state index in [0.29, 0.717) is 5.58 Å². The topological polar surface area (TPSA) is 107 Å². The van der Waals surface area contributed by atoms with Crippen molar-refractivity contribution in [2.75, 3.05) is 0 Å². The zero-order chi connectivity index (χ0) is 23.3. The molecule has 1 aliphatic heterocycles. The molecule has 2 aromatic heterocycles.